The van der Waals surface area contributed by atoms with E-state index in [2.05, 4.69) is 22.3 Å². The van der Waals surface area contributed by atoms with Gasteiger partial charge in [0.15, 0.2) is 5.96 Å². The minimum absolute atomic E-state index is 0.159. The molecule has 0 aromatic heterocycles. The number of guanidine groups is 1. The number of nitrogens with one attached hydrogen (secondary N) is 1. The molecule has 1 aromatic rings. The highest BCUT2D eigenvalue weighted by atomic mass is 19.1. The predicted octanol–water partition coefficient (Wildman–Crippen LogP) is 2.04. The van der Waals surface area contributed by atoms with Crippen LogP contribution < -0.4 is 5.32 Å². The highest BCUT2D eigenvalue weighted by Gasteiger charge is 2.42. The van der Waals surface area contributed by atoms with Crippen LogP contribution in [-0.4, -0.2) is 37.5 Å². The third-order valence-corrected chi connectivity index (χ3v) is 4.13. The summed E-state index contributed by atoms with van der Waals surface area (Å²) in [5, 5.41) is 3.47. The molecule has 19 heavy (non-hydrogen) atoms. The van der Waals surface area contributed by atoms with Crippen LogP contribution in [0.1, 0.15) is 18.4 Å². The van der Waals surface area contributed by atoms with Crippen molar-refractivity contribution in [2.45, 2.75) is 19.3 Å². The van der Waals surface area contributed by atoms with Gasteiger partial charge in [0, 0.05) is 20.1 Å². The number of nitrogens with zero attached hydrogens (tertiary/aromatic N) is 2. The molecule has 0 spiro atoms. The van der Waals surface area contributed by atoms with Gasteiger partial charge in [-0.1, -0.05) is 12.1 Å². The van der Waals surface area contributed by atoms with Crippen molar-refractivity contribution in [1.29, 1.82) is 0 Å². The Balaban J connectivity index is 1.56. The number of hydrogen-bond acceptors (Lipinski definition) is 3. The van der Waals surface area contributed by atoms with Crippen LogP contribution in [0.5, 0.6) is 0 Å². The quantitative estimate of drug-likeness (QED) is 0.898. The lowest BCUT2D eigenvalue weighted by Crippen LogP contribution is -2.39. The first-order valence-electron chi connectivity index (χ1n) is 6.91. The first-order valence-corrected chi connectivity index (χ1v) is 6.91. The lowest BCUT2D eigenvalue weighted by atomic mass is 9.96. The summed E-state index contributed by atoms with van der Waals surface area (Å²) in [5.74, 6) is 0.860. The molecule has 0 bridgehead atoms. The van der Waals surface area contributed by atoms with Gasteiger partial charge in [0.25, 0.3) is 0 Å². The predicted molar refractivity (Wildman–Crippen MR) is 74.7 cm³/mol. The van der Waals surface area contributed by atoms with E-state index in [1.54, 1.807) is 12.1 Å². The summed E-state index contributed by atoms with van der Waals surface area (Å²) in [6, 6.07) is 6.89. The Morgan fingerprint density at radius 3 is 2.63 bits per heavy atom. The number of aliphatic imine (C=N–C) groups is 1. The van der Waals surface area contributed by atoms with Gasteiger partial charge in [-0.15, -0.1) is 0 Å². The van der Waals surface area contributed by atoms with Crippen LogP contribution in [0.15, 0.2) is 29.3 Å². The Kier molecular flexibility index (Phi) is 3.17. The Labute approximate surface area is 113 Å². The van der Waals surface area contributed by atoms with Crippen LogP contribution in [0, 0.1) is 11.2 Å². The molecule has 3 rings (SSSR count). The van der Waals surface area contributed by atoms with E-state index in [1.807, 2.05) is 12.1 Å². The third kappa shape index (κ3) is 2.88. The zero-order valence-corrected chi connectivity index (χ0v) is 11.3. The second-order valence-electron chi connectivity index (χ2n) is 5.78. The smallest absolute Gasteiger partial charge is 0.193 e. The maximum atomic E-state index is 12.9. The van der Waals surface area contributed by atoms with Gasteiger partial charge >= 0.3 is 0 Å². The lowest BCUT2D eigenvalue weighted by Gasteiger charge is -2.20. The maximum absolute atomic E-state index is 12.9. The van der Waals surface area contributed by atoms with Gasteiger partial charge in [0.1, 0.15) is 5.82 Å². The van der Waals surface area contributed by atoms with E-state index in [0.29, 0.717) is 5.41 Å². The van der Waals surface area contributed by atoms with Crippen molar-refractivity contribution < 1.29 is 4.39 Å². The van der Waals surface area contributed by atoms with Gasteiger partial charge in [0.2, 0.25) is 0 Å². The van der Waals surface area contributed by atoms with E-state index in [-0.39, 0.29) is 5.82 Å². The highest BCUT2D eigenvalue weighted by Crippen LogP contribution is 2.47. The maximum Gasteiger partial charge on any atom is 0.193 e. The largest absolute Gasteiger partial charge is 0.356 e. The van der Waals surface area contributed by atoms with Crippen molar-refractivity contribution in [3.63, 3.8) is 0 Å². The van der Waals surface area contributed by atoms with E-state index in [0.717, 1.165) is 32.0 Å². The Hall–Kier alpha value is -1.58. The van der Waals surface area contributed by atoms with Gasteiger partial charge in [-0.3, -0.25) is 4.99 Å². The zero-order chi connectivity index (χ0) is 13.3. The minimum atomic E-state index is -0.159. The summed E-state index contributed by atoms with van der Waals surface area (Å²) in [6.45, 7) is 2.87. The molecule has 1 aliphatic heterocycles. The van der Waals surface area contributed by atoms with Crippen molar-refractivity contribution in [3.8, 4) is 0 Å². The Morgan fingerprint density at radius 1 is 1.32 bits per heavy atom. The average Bonchev–Trinajstić information content (AvgIpc) is 3.04. The van der Waals surface area contributed by atoms with Crippen molar-refractivity contribution in [2.75, 3.05) is 26.7 Å². The van der Waals surface area contributed by atoms with Crippen molar-refractivity contribution in [2.24, 2.45) is 10.4 Å². The molecule has 0 amide bonds. The molecule has 0 saturated heterocycles. The molecule has 0 unspecified atom stereocenters. The number of rotatable bonds is 4. The standard InChI is InChI=1S/C15H20FN3/c1-19-9-8-17-14(19)18-11-15(6-7-15)10-12-2-4-13(16)5-3-12/h2-5H,6-11H2,1H3,(H,17,18). The lowest BCUT2D eigenvalue weighted by molar-refractivity contribution is 0.469. The summed E-state index contributed by atoms with van der Waals surface area (Å²) >= 11 is 0. The Morgan fingerprint density at radius 2 is 2.05 bits per heavy atom. The molecular formula is C15H20FN3. The van der Waals surface area contributed by atoms with Crippen molar-refractivity contribution >= 4 is 5.96 Å². The normalized spacial score (nSPS) is 20.3. The number of benzene rings is 1. The molecule has 102 valence electrons. The molecular weight excluding hydrogens is 241 g/mol. The third-order valence-electron chi connectivity index (χ3n) is 4.13. The molecule has 1 saturated carbocycles. The first kappa shape index (κ1) is 12.5. The summed E-state index contributed by atoms with van der Waals surface area (Å²) in [7, 11) is 2.07. The molecule has 1 aromatic carbocycles. The van der Waals surface area contributed by atoms with Crippen LogP contribution in [0.3, 0.4) is 0 Å². The minimum Gasteiger partial charge on any atom is -0.356 e. The Bertz CT molecular complexity index is 477. The number of likely N-dealkylation sites (N-methyl/N-ethyl adjacent to an activating group) is 1. The molecule has 1 fully saturated rings. The van der Waals surface area contributed by atoms with Crippen LogP contribution in [0.25, 0.3) is 0 Å². The van der Waals surface area contributed by atoms with Crippen molar-refractivity contribution in [1.82, 2.24) is 10.2 Å². The van der Waals surface area contributed by atoms with Crippen molar-refractivity contribution in [3.05, 3.63) is 35.6 Å². The van der Waals surface area contributed by atoms with E-state index in [4.69, 9.17) is 0 Å². The second kappa shape index (κ2) is 4.83. The van der Waals surface area contributed by atoms with E-state index < -0.39 is 0 Å². The zero-order valence-electron chi connectivity index (χ0n) is 11.3. The monoisotopic (exact) mass is 261 g/mol. The van der Waals surface area contributed by atoms with Gasteiger partial charge in [-0.05, 0) is 42.4 Å². The average molecular weight is 261 g/mol. The summed E-state index contributed by atoms with van der Waals surface area (Å²) in [5.41, 5.74) is 1.58. The molecule has 0 radical (unpaired) electrons. The van der Waals surface area contributed by atoms with Crippen LogP contribution >= 0.6 is 0 Å². The van der Waals surface area contributed by atoms with Gasteiger partial charge in [0.05, 0.1) is 6.54 Å². The van der Waals surface area contributed by atoms with Crippen LogP contribution in [0.2, 0.25) is 0 Å². The molecule has 4 heteroatoms. The molecule has 3 nitrogen and oxygen atoms in total. The van der Waals surface area contributed by atoms with E-state index in [9.17, 15) is 4.39 Å². The molecule has 1 aliphatic carbocycles. The van der Waals surface area contributed by atoms with E-state index in [1.165, 1.54) is 18.4 Å². The van der Waals surface area contributed by atoms with Gasteiger partial charge in [-0.25, -0.2) is 4.39 Å². The number of halogens is 1. The summed E-state index contributed by atoms with van der Waals surface area (Å²) in [4.78, 5) is 6.61. The molecule has 0 atom stereocenters. The molecule has 1 N–H and O–H groups in total. The van der Waals surface area contributed by atoms with Crippen LogP contribution in [0.4, 0.5) is 4.39 Å². The SMILES string of the molecule is CN1CCN=C1NCC1(Cc2ccc(F)cc2)CC1. The fraction of sp³-hybridized carbons (Fsp3) is 0.533. The van der Waals surface area contributed by atoms with Gasteiger partial charge < -0.3 is 10.2 Å². The number of hydrogen-bond donors (Lipinski definition) is 1. The summed E-state index contributed by atoms with van der Waals surface area (Å²) < 4.78 is 12.9. The van der Waals surface area contributed by atoms with E-state index >= 15 is 0 Å². The van der Waals surface area contributed by atoms with Crippen LogP contribution in [-0.2, 0) is 6.42 Å². The van der Waals surface area contributed by atoms with Gasteiger partial charge in [-0.2, -0.15) is 0 Å². The molecule has 2 aliphatic rings. The summed E-state index contributed by atoms with van der Waals surface area (Å²) in [6.07, 6.45) is 3.51. The molecule has 1 heterocycles. The highest BCUT2D eigenvalue weighted by molar-refractivity contribution is 5.81. The fourth-order valence-electron chi connectivity index (χ4n) is 2.62. The first-order chi connectivity index (χ1) is 9.17. The topological polar surface area (TPSA) is 27.6 Å². The second-order valence-corrected chi connectivity index (χ2v) is 5.78. The fourth-order valence-corrected chi connectivity index (χ4v) is 2.62.